The molecule has 0 atom stereocenters. The van der Waals surface area contributed by atoms with Gasteiger partial charge in [0, 0.05) is 16.8 Å². The molecule has 0 amide bonds. The molecule has 2 N–H and O–H groups in total. The van der Waals surface area contributed by atoms with Crippen molar-refractivity contribution in [3.8, 4) is 5.75 Å². The highest BCUT2D eigenvalue weighted by Gasteiger charge is 2.05. The number of phenols is 1. The molecular weight excluding hydrogens is 285 g/mol. The van der Waals surface area contributed by atoms with Crippen LogP contribution in [-0.2, 0) is 4.79 Å². The van der Waals surface area contributed by atoms with Crippen molar-refractivity contribution in [3.63, 3.8) is 0 Å². The smallest absolute Gasteiger partial charge is 0.325 e. The van der Waals surface area contributed by atoms with Crippen LogP contribution in [0.25, 0.3) is 0 Å². The first-order chi connectivity index (χ1) is 7.00. The summed E-state index contributed by atoms with van der Waals surface area (Å²) in [7, 11) is 0. The van der Waals surface area contributed by atoms with Crippen LogP contribution in [0.4, 0.5) is 0 Å². The van der Waals surface area contributed by atoms with E-state index in [4.69, 9.17) is 16.7 Å². The molecule has 0 saturated carbocycles. The molecule has 0 aliphatic heterocycles. The van der Waals surface area contributed by atoms with Gasteiger partial charge in [-0.3, -0.25) is 9.79 Å². The highest BCUT2D eigenvalue weighted by Crippen LogP contribution is 2.30. The third-order valence-electron chi connectivity index (χ3n) is 1.51. The minimum absolute atomic E-state index is 0.0199. The highest BCUT2D eigenvalue weighted by molar-refractivity contribution is 9.10. The number of phenolic OH excluding ortho intramolecular Hbond substituents is 1. The Bertz CT molecular complexity index is 420. The number of carboxylic acid groups (broad SMARTS) is 1. The Morgan fingerprint density at radius 1 is 1.60 bits per heavy atom. The molecule has 0 radical (unpaired) electrons. The molecule has 15 heavy (non-hydrogen) atoms. The van der Waals surface area contributed by atoms with Gasteiger partial charge in [0.2, 0.25) is 0 Å². The van der Waals surface area contributed by atoms with Gasteiger partial charge >= 0.3 is 5.97 Å². The van der Waals surface area contributed by atoms with E-state index in [1.807, 2.05) is 0 Å². The lowest BCUT2D eigenvalue weighted by Gasteiger charge is -2.01. The van der Waals surface area contributed by atoms with Crippen molar-refractivity contribution in [2.24, 2.45) is 4.99 Å². The summed E-state index contributed by atoms with van der Waals surface area (Å²) >= 11 is 8.85. The van der Waals surface area contributed by atoms with Crippen LogP contribution in [0.3, 0.4) is 0 Å². The van der Waals surface area contributed by atoms with E-state index in [2.05, 4.69) is 20.9 Å². The first-order valence-electron chi connectivity index (χ1n) is 3.90. The first-order valence-corrected chi connectivity index (χ1v) is 5.07. The molecule has 4 nitrogen and oxygen atoms in total. The van der Waals surface area contributed by atoms with Gasteiger partial charge < -0.3 is 10.2 Å². The molecule has 0 aliphatic carbocycles. The van der Waals surface area contributed by atoms with Crippen LogP contribution >= 0.6 is 27.5 Å². The van der Waals surface area contributed by atoms with Gasteiger partial charge in [-0.25, -0.2) is 0 Å². The molecular formula is C9H7BrClNO3. The Kier molecular flexibility index (Phi) is 4.11. The topological polar surface area (TPSA) is 69.9 Å². The molecule has 0 spiro atoms. The molecule has 0 heterocycles. The summed E-state index contributed by atoms with van der Waals surface area (Å²) in [4.78, 5) is 13.8. The molecule has 6 heteroatoms. The van der Waals surface area contributed by atoms with Gasteiger partial charge in [0.05, 0.1) is 4.47 Å². The monoisotopic (exact) mass is 291 g/mol. The minimum atomic E-state index is -1.04. The second-order valence-corrected chi connectivity index (χ2v) is 3.98. The van der Waals surface area contributed by atoms with E-state index in [-0.39, 0.29) is 12.3 Å². The second-order valence-electron chi connectivity index (χ2n) is 2.69. The molecule has 0 fully saturated rings. The number of carbonyl (C=O) groups is 1. The molecule has 0 aliphatic rings. The van der Waals surface area contributed by atoms with Crippen LogP contribution in [0.1, 0.15) is 5.56 Å². The first kappa shape index (κ1) is 12.0. The van der Waals surface area contributed by atoms with Gasteiger partial charge in [0.25, 0.3) is 0 Å². The molecule has 1 aromatic rings. The number of aromatic hydroxyl groups is 1. The fourth-order valence-electron chi connectivity index (χ4n) is 0.906. The Morgan fingerprint density at radius 3 is 2.87 bits per heavy atom. The maximum atomic E-state index is 10.2. The predicted molar refractivity (Wildman–Crippen MR) is 60.9 cm³/mol. The Hall–Kier alpha value is -1.07. The number of aliphatic carboxylic acids is 1. The van der Waals surface area contributed by atoms with Gasteiger partial charge in [0.15, 0.2) is 0 Å². The molecule has 0 unspecified atom stereocenters. The van der Waals surface area contributed by atoms with Crippen LogP contribution < -0.4 is 0 Å². The average Bonchev–Trinajstić information content (AvgIpc) is 2.12. The van der Waals surface area contributed by atoms with E-state index < -0.39 is 5.97 Å². The zero-order valence-corrected chi connectivity index (χ0v) is 9.79. The quantitative estimate of drug-likeness (QED) is 0.840. The lowest BCUT2D eigenvalue weighted by Crippen LogP contribution is -1.99. The number of hydrogen-bond donors (Lipinski definition) is 2. The van der Waals surface area contributed by atoms with Crippen molar-refractivity contribution < 1.29 is 15.0 Å². The lowest BCUT2D eigenvalue weighted by molar-refractivity contribution is -0.135. The van der Waals surface area contributed by atoms with Crippen LogP contribution in [0.2, 0.25) is 5.02 Å². The van der Waals surface area contributed by atoms with Crippen LogP contribution in [0, 0.1) is 0 Å². The van der Waals surface area contributed by atoms with E-state index in [0.717, 1.165) is 0 Å². The fourth-order valence-corrected chi connectivity index (χ4v) is 1.74. The molecule has 1 rings (SSSR count). The third kappa shape index (κ3) is 3.53. The van der Waals surface area contributed by atoms with E-state index in [0.29, 0.717) is 15.1 Å². The van der Waals surface area contributed by atoms with Gasteiger partial charge in [-0.2, -0.15) is 0 Å². The molecule has 0 saturated heterocycles. The molecule has 80 valence electrons. The van der Waals surface area contributed by atoms with Crippen molar-refractivity contribution in [1.82, 2.24) is 0 Å². The standard InChI is InChI=1S/C9H7BrClNO3/c10-7-2-6(11)1-5(9(7)15)3-12-4-8(13)14/h1-3,15H,4H2,(H,13,14). The zero-order chi connectivity index (χ0) is 11.4. The van der Waals surface area contributed by atoms with Gasteiger partial charge in [0.1, 0.15) is 12.3 Å². The number of hydrogen-bond acceptors (Lipinski definition) is 3. The number of aliphatic imine (C=N–C) groups is 1. The average molecular weight is 293 g/mol. The third-order valence-corrected chi connectivity index (χ3v) is 2.34. The van der Waals surface area contributed by atoms with Gasteiger partial charge in [-0.05, 0) is 28.1 Å². The van der Waals surface area contributed by atoms with E-state index in [1.165, 1.54) is 18.3 Å². The number of halogens is 2. The van der Waals surface area contributed by atoms with E-state index in [9.17, 15) is 9.90 Å². The summed E-state index contributed by atoms with van der Waals surface area (Å²) in [5.74, 6) is -1.06. The fraction of sp³-hybridized carbons (Fsp3) is 0.111. The SMILES string of the molecule is O=C(O)CN=Cc1cc(Cl)cc(Br)c1O. The van der Waals surface area contributed by atoms with Crippen molar-refractivity contribution in [3.05, 3.63) is 27.2 Å². The normalized spacial score (nSPS) is 10.8. The maximum Gasteiger partial charge on any atom is 0.325 e. The molecule has 1 aromatic carbocycles. The number of nitrogens with zero attached hydrogens (tertiary/aromatic N) is 1. The minimum Gasteiger partial charge on any atom is -0.506 e. The summed E-state index contributed by atoms with van der Waals surface area (Å²) in [6, 6.07) is 3.03. The summed E-state index contributed by atoms with van der Waals surface area (Å²) in [6.07, 6.45) is 1.26. The maximum absolute atomic E-state index is 10.2. The summed E-state index contributed by atoms with van der Waals surface area (Å²) in [6.45, 7) is -0.344. The lowest BCUT2D eigenvalue weighted by atomic mass is 10.2. The molecule has 0 bridgehead atoms. The largest absolute Gasteiger partial charge is 0.506 e. The van der Waals surface area contributed by atoms with Crippen molar-refractivity contribution >= 4 is 39.7 Å². The number of carboxylic acids is 1. The Morgan fingerprint density at radius 2 is 2.27 bits per heavy atom. The number of rotatable bonds is 3. The van der Waals surface area contributed by atoms with Crippen molar-refractivity contribution in [2.75, 3.05) is 6.54 Å². The van der Waals surface area contributed by atoms with Gasteiger partial charge in [-0.1, -0.05) is 11.6 Å². The second kappa shape index (κ2) is 5.14. The van der Waals surface area contributed by atoms with Crippen molar-refractivity contribution in [1.29, 1.82) is 0 Å². The van der Waals surface area contributed by atoms with E-state index in [1.54, 1.807) is 0 Å². The zero-order valence-electron chi connectivity index (χ0n) is 7.44. The van der Waals surface area contributed by atoms with E-state index >= 15 is 0 Å². The van der Waals surface area contributed by atoms with Crippen molar-refractivity contribution in [2.45, 2.75) is 0 Å². The predicted octanol–water partition coefficient (Wildman–Crippen LogP) is 2.31. The van der Waals surface area contributed by atoms with Crippen LogP contribution in [0.15, 0.2) is 21.6 Å². The summed E-state index contributed by atoms with van der Waals surface area (Å²) < 4.78 is 0.437. The van der Waals surface area contributed by atoms with Crippen LogP contribution in [0.5, 0.6) is 5.75 Å². The summed E-state index contributed by atoms with van der Waals surface area (Å²) in [5, 5.41) is 18.3. The number of benzene rings is 1. The Labute approximate surface area is 99.3 Å². The highest BCUT2D eigenvalue weighted by atomic mass is 79.9. The van der Waals surface area contributed by atoms with Crippen LogP contribution in [-0.4, -0.2) is 28.9 Å². The Balaban J connectivity index is 2.94. The molecule has 0 aromatic heterocycles. The summed E-state index contributed by atoms with van der Waals surface area (Å²) in [5.41, 5.74) is 0.371. The van der Waals surface area contributed by atoms with Gasteiger partial charge in [-0.15, -0.1) is 0 Å².